The first-order chi connectivity index (χ1) is 5.59. The molecule has 1 fully saturated rings. The summed E-state index contributed by atoms with van der Waals surface area (Å²) in [5.74, 6) is 2.89. The van der Waals surface area contributed by atoms with Gasteiger partial charge in [-0.15, -0.1) is 0 Å². The minimum absolute atomic E-state index is 0.794. The Morgan fingerprint density at radius 1 is 1.50 bits per heavy atom. The molecule has 12 heavy (non-hydrogen) atoms. The molecule has 0 aromatic rings. The van der Waals surface area contributed by atoms with E-state index in [0.717, 1.165) is 17.8 Å². The number of rotatable bonds is 4. The van der Waals surface area contributed by atoms with E-state index in [1.165, 1.54) is 24.8 Å². The van der Waals surface area contributed by atoms with E-state index in [9.17, 15) is 0 Å². The van der Waals surface area contributed by atoms with Gasteiger partial charge in [0.25, 0.3) is 0 Å². The zero-order valence-corrected chi connectivity index (χ0v) is 8.93. The normalized spacial score (nSPS) is 29.7. The van der Waals surface area contributed by atoms with Gasteiger partial charge in [-0.05, 0) is 50.9 Å². The van der Waals surface area contributed by atoms with Gasteiger partial charge in [-0.25, -0.2) is 0 Å². The van der Waals surface area contributed by atoms with Gasteiger partial charge in [-0.1, -0.05) is 25.5 Å². The average Bonchev–Trinajstić information content (AvgIpc) is 2.61. The molecule has 1 aliphatic carbocycles. The van der Waals surface area contributed by atoms with E-state index < -0.39 is 0 Å². The molecule has 1 saturated carbocycles. The summed E-state index contributed by atoms with van der Waals surface area (Å²) >= 11 is 0. The van der Waals surface area contributed by atoms with Crippen molar-refractivity contribution in [3.8, 4) is 0 Å². The zero-order valence-electron chi connectivity index (χ0n) is 8.93. The van der Waals surface area contributed by atoms with Crippen molar-refractivity contribution in [2.75, 3.05) is 0 Å². The quantitative estimate of drug-likeness (QED) is 0.553. The second-order valence-electron chi connectivity index (χ2n) is 4.77. The number of hydrogen-bond acceptors (Lipinski definition) is 0. The first-order valence-corrected chi connectivity index (χ1v) is 5.24. The van der Waals surface area contributed by atoms with Crippen molar-refractivity contribution < 1.29 is 0 Å². The van der Waals surface area contributed by atoms with Crippen LogP contribution in [0.4, 0.5) is 0 Å². The van der Waals surface area contributed by atoms with Gasteiger partial charge in [-0.3, -0.25) is 0 Å². The molecule has 0 N–H and O–H groups in total. The van der Waals surface area contributed by atoms with Gasteiger partial charge in [0.15, 0.2) is 0 Å². The number of allylic oxidation sites excluding steroid dienone is 2. The fourth-order valence-electron chi connectivity index (χ4n) is 1.93. The molecular weight excluding hydrogens is 144 g/mol. The highest BCUT2D eigenvalue weighted by atomic mass is 14.4. The van der Waals surface area contributed by atoms with Crippen LogP contribution in [-0.2, 0) is 0 Å². The fraction of sp³-hybridized carbons (Fsp3) is 0.833. The van der Waals surface area contributed by atoms with E-state index in [4.69, 9.17) is 0 Å². The predicted octanol–water partition coefficient (Wildman–Crippen LogP) is 4.02. The highest BCUT2D eigenvalue weighted by Crippen LogP contribution is 2.42. The first-order valence-electron chi connectivity index (χ1n) is 5.24. The topological polar surface area (TPSA) is 0 Å². The van der Waals surface area contributed by atoms with Gasteiger partial charge < -0.3 is 0 Å². The summed E-state index contributed by atoms with van der Waals surface area (Å²) in [6, 6.07) is 0. The van der Waals surface area contributed by atoms with Crippen LogP contribution >= 0.6 is 0 Å². The summed E-state index contributed by atoms with van der Waals surface area (Å²) in [5.41, 5.74) is 1.46. The lowest BCUT2D eigenvalue weighted by molar-refractivity contribution is 0.549. The Morgan fingerprint density at radius 3 is 2.50 bits per heavy atom. The van der Waals surface area contributed by atoms with Crippen LogP contribution in [0.15, 0.2) is 11.6 Å². The minimum atomic E-state index is 0.794. The molecule has 70 valence electrons. The van der Waals surface area contributed by atoms with E-state index in [1.54, 1.807) is 0 Å². The lowest BCUT2D eigenvalue weighted by atomic mass is 10.0. The van der Waals surface area contributed by atoms with Gasteiger partial charge in [-0.2, -0.15) is 0 Å². The molecule has 3 atom stereocenters. The van der Waals surface area contributed by atoms with Crippen LogP contribution in [0.5, 0.6) is 0 Å². The monoisotopic (exact) mass is 166 g/mol. The van der Waals surface area contributed by atoms with Gasteiger partial charge in [0.1, 0.15) is 0 Å². The van der Waals surface area contributed by atoms with E-state index in [1.807, 2.05) is 0 Å². The van der Waals surface area contributed by atoms with Crippen LogP contribution in [0.25, 0.3) is 0 Å². The Balaban J connectivity index is 2.10. The van der Waals surface area contributed by atoms with Crippen molar-refractivity contribution in [2.24, 2.45) is 17.8 Å². The standard InChI is InChI=1S/C12H22/c1-9(2)7-10(3)5-6-12-8-11(12)4/h7,10-12H,5-6,8H2,1-4H3. The second-order valence-corrected chi connectivity index (χ2v) is 4.77. The molecule has 0 spiro atoms. The van der Waals surface area contributed by atoms with Gasteiger partial charge in [0, 0.05) is 0 Å². The third kappa shape index (κ3) is 3.42. The maximum atomic E-state index is 2.40. The third-order valence-electron chi connectivity index (χ3n) is 2.89. The maximum absolute atomic E-state index is 2.40. The molecule has 0 aliphatic heterocycles. The van der Waals surface area contributed by atoms with Crippen LogP contribution in [0.2, 0.25) is 0 Å². The van der Waals surface area contributed by atoms with Crippen molar-refractivity contribution in [3.63, 3.8) is 0 Å². The smallest absolute Gasteiger partial charge is 0.0259 e. The molecule has 1 rings (SSSR count). The van der Waals surface area contributed by atoms with Crippen molar-refractivity contribution in [3.05, 3.63) is 11.6 Å². The summed E-state index contributed by atoms with van der Waals surface area (Å²) in [4.78, 5) is 0. The molecule has 3 unspecified atom stereocenters. The van der Waals surface area contributed by atoms with E-state index in [0.29, 0.717) is 0 Å². The Hall–Kier alpha value is -0.260. The van der Waals surface area contributed by atoms with Crippen LogP contribution < -0.4 is 0 Å². The van der Waals surface area contributed by atoms with Crippen LogP contribution in [0.1, 0.15) is 47.0 Å². The fourth-order valence-corrected chi connectivity index (χ4v) is 1.93. The Bertz CT molecular complexity index is 163. The first kappa shape index (κ1) is 9.83. The number of hydrogen-bond donors (Lipinski definition) is 0. The minimum Gasteiger partial charge on any atom is -0.0830 e. The molecule has 0 aromatic heterocycles. The third-order valence-corrected chi connectivity index (χ3v) is 2.89. The van der Waals surface area contributed by atoms with Crippen molar-refractivity contribution in [1.29, 1.82) is 0 Å². The van der Waals surface area contributed by atoms with Gasteiger partial charge in [0.2, 0.25) is 0 Å². The van der Waals surface area contributed by atoms with Gasteiger partial charge in [0.05, 0.1) is 0 Å². The van der Waals surface area contributed by atoms with Gasteiger partial charge >= 0.3 is 0 Å². The van der Waals surface area contributed by atoms with Crippen molar-refractivity contribution in [2.45, 2.75) is 47.0 Å². The van der Waals surface area contributed by atoms with Crippen LogP contribution in [0.3, 0.4) is 0 Å². The SMILES string of the molecule is CC(C)=CC(C)CCC1CC1C. The van der Waals surface area contributed by atoms with E-state index in [2.05, 4.69) is 33.8 Å². The molecule has 0 radical (unpaired) electrons. The molecule has 0 bridgehead atoms. The lowest BCUT2D eigenvalue weighted by Gasteiger charge is -2.05. The summed E-state index contributed by atoms with van der Waals surface area (Å²) in [7, 11) is 0. The largest absolute Gasteiger partial charge is 0.0830 e. The molecular formula is C12H22. The predicted molar refractivity (Wildman–Crippen MR) is 55.1 cm³/mol. The Kier molecular flexibility index (Phi) is 3.37. The summed E-state index contributed by atoms with van der Waals surface area (Å²) < 4.78 is 0. The maximum Gasteiger partial charge on any atom is -0.0259 e. The lowest BCUT2D eigenvalue weighted by Crippen LogP contribution is -1.92. The molecule has 1 aliphatic rings. The van der Waals surface area contributed by atoms with E-state index in [-0.39, 0.29) is 0 Å². The average molecular weight is 166 g/mol. The molecule has 0 amide bonds. The molecule has 0 aromatic carbocycles. The molecule has 0 saturated heterocycles. The summed E-state index contributed by atoms with van der Waals surface area (Å²) in [6.45, 7) is 9.09. The Labute approximate surface area is 77.1 Å². The van der Waals surface area contributed by atoms with Crippen LogP contribution in [-0.4, -0.2) is 0 Å². The summed E-state index contributed by atoms with van der Waals surface area (Å²) in [6.07, 6.45) is 6.72. The zero-order chi connectivity index (χ0) is 9.14. The summed E-state index contributed by atoms with van der Waals surface area (Å²) in [5, 5.41) is 0. The molecule has 0 nitrogen and oxygen atoms in total. The highest BCUT2D eigenvalue weighted by Gasteiger charge is 2.31. The molecule has 0 heteroatoms. The highest BCUT2D eigenvalue weighted by molar-refractivity contribution is 4.96. The van der Waals surface area contributed by atoms with Crippen molar-refractivity contribution >= 4 is 0 Å². The van der Waals surface area contributed by atoms with Crippen LogP contribution in [0, 0.1) is 17.8 Å². The second kappa shape index (κ2) is 4.11. The van der Waals surface area contributed by atoms with Crippen molar-refractivity contribution in [1.82, 2.24) is 0 Å². The van der Waals surface area contributed by atoms with E-state index >= 15 is 0 Å². The molecule has 0 heterocycles. The Morgan fingerprint density at radius 2 is 2.08 bits per heavy atom.